The molecule has 0 atom stereocenters. The van der Waals surface area contributed by atoms with Crippen LogP contribution in [0.5, 0.6) is 0 Å². The zero-order valence-electron chi connectivity index (χ0n) is 19.6. The highest BCUT2D eigenvalue weighted by Crippen LogP contribution is 2.35. The molecule has 0 aliphatic heterocycles. The Kier molecular flexibility index (Phi) is 6.31. The predicted octanol–water partition coefficient (Wildman–Crippen LogP) is 4.89. The van der Waals surface area contributed by atoms with Gasteiger partial charge in [0.25, 0.3) is 5.56 Å². The number of fused-ring (bicyclic) bond motifs is 3. The van der Waals surface area contributed by atoms with E-state index in [0.29, 0.717) is 11.7 Å². The molecule has 176 valence electrons. The van der Waals surface area contributed by atoms with Crippen molar-refractivity contribution in [3.8, 4) is 5.69 Å². The molecule has 5 rings (SSSR count). The second-order valence-electron chi connectivity index (χ2n) is 8.52. The molecular weight excluding hydrogens is 466 g/mol. The molecule has 1 aliphatic rings. The van der Waals surface area contributed by atoms with Crippen LogP contribution in [0.25, 0.3) is 15.9 Å². The van der Waals surface area contributed by atoms with Crippen molar-refractivity contribution in [2.24, 2.45) is 0 Å². The minimum Gasteiger partial charge on any atom is -0.322 e. The van der Waals surface area contributed by atoms with E-state index in [0.717, 1.165) is 58.7 Å². The molecule has 4 aromatic rings. The molecule has 3 heterocycles. The Labute approximate surface area is 206 Å². The molecule has 0 unspecified atom stereocenters. The number of benzene rings is 1. The van der Waals surface area contributed by atoms with Crippen LogP contribution in [0.15, 0.2) is 40.3 Å². The smallest absolute Gasteiger partial charge is 0.263 e. The standard InChI is InChI=1S/C25H27N5O2S2/c1-4-13-29-24(32)21-18-11-8-12-19(18)34-23(21)27-25(29)33-14-20(31)26-22-15(2)28-30(16(22)3)17-9-6-5-7-10-17/h5-7,9-10H,4,8,11-14H2,1-3H3,(H,26,31). The third-order valence-corrected chi connectivity index (χ3v) is 8.29. The van der Waals surface area contributed by atoms with Crippen molar-refractivity contribution in [2.45, 2.75) is 58.2 Å². The van der Waals surface area contributed by atoms with Crippen molar-refractivity contribution >= 4 is 44.9 Å². The maximum absolute atomic E-state index is 13.3. The van der Waals surface area contributed by atoms with Crippen LogP contribution in [0, 0.1) is 13.8 Å². The molecule has 1 N–H and O–H groups in total. The van der Waals surface area contributed by atoms with Crippen molar-refractivity contribution in [2.75, 3.05) is 11.1 Å². The molecule has 0 radical (unpaired) electrons. The molecule has 0 fully saturated rings. The largest absolute Gasteiger partial charge is 0.322 e. The number of aryl methyl sites for hydroxylation is 3. The first-order valence-corrected chi connectivity index (χ1v) is 13.4. The fourth-order valence-corrected chi connectivity index (χ4v) is 6.67. The second-order valence-corrected chi connectivity index (χ2v) is 10.5. The topological polar surface area (TPSA) is 81.8 Å². The summed E-state index contributed by atoms with van der Waals surface area (Å²) in [5.41, 5.74) is 4.52. The van der Waals surface area contributed by atoms with Gasteiger partial charge in [-0.15, -0.1) is 11.3 Å². The van der Waals surface area contributed by atoms with E-state index in [-0.39, 0.29) is 17.2 Å². The maximum atomic E-state index is 13.3. The van der Waals surface area contributed by atoms with Crippen molar-refractivity contribution in [1.82, 2.24) is 19.3 Å². The highest BCUT2D eigenvalue weighted by Gasteiger charge is 2.23. The van der Waals surface area contributed by atoms with E-state index in [2.05, 4.69) is 10.4 Å². The van der Waals surface area contributed by atoms with Crippen molar-refractivity contribution in [1.29, 1.82) is 0 Å². The van der Waals surface area contributed by atoms with Gasteiger partial charge in [0, 0.05) is 11.4 Å². The second kappa shape index (κ2) is 9.38. The Morgan fingerprint density at radius 2 is 2.00 bits per heavy atom. The number of carbonyl (C=O) groups is 1. The summed E-state index contributed by atoms with van der Waals surface area (Å²) in [5.74, 6) is 0.0252. The number of para-hydroxylation sites is 1. The quantitative estimate of drug-likeness (QED) is 0.293. The van der Waals surface area contributed by atoms with Crippen molar-refractivity contribution in [3.05, 3.63) is 62.5 Å². The molecule has 0 bridgehead atoms. The first kappa shape index (κ1) is 22.9. The van der Waals surface area contributed by atoms with Gasteiger partial charge in [0.15, 0.2) is 5.16 Å². The predicted molar refractivity (Wildman–Crippen MR) is 139 cm³/mol. The Balaban J connectivity index is 1.37. The summed E-state index contributed by atoms with van der Waals surface area (Å²) in [6.07, 6.45) is 3.93. The fourth-order valence-electron chi connectivity index (χ4n) is 4.54. The number of thiophene rings is 1. The Bertz CT molecular complexity index is 1440. The van der Waals surface area contributed by atoms with E-state index in [4.69, 9.17) is 4.98 Å². The molecule has 0 spiro atoms. The van der Waals surface area contributed by atoms with E-state index < -0.39 is 0 Å². The zero-order valence-corrected chi connectivity index (χ0v) is 21.2. The van der Waals surface area contributed by atoms with Crippen molar-refractivity contribution in [3.63, 3.8) is 0 Å². The molecule has 0 saturated carbocycles. The number of amides is 1. The average Bonchev–Trinajstić information content (AvgIpc) is 3.50. The first-order valence-electron chi connectivity index (χ1n) is 11.6. The normalized spacial score (nSPS) is 12.9. The minimum atomic E-state index is -0.144. The van der Waals surface area contributed by atoms with Crippen LogP contribution in [0.2, 0.25) is 0 Å². The first-order chi connectivity index (χ1) is 16.5. The molecule has 1 amide bonds. The fraction of sp³-hybridized carbons (Fsp3) is 0.360. The van der Waals surface area contributed by atoms with Gasteiger partial charge in [-0.2, -0.15) is 5.10 Å². The van der Waals surface area contributed by atoms with Gasteiger partial charge in [-0.1, -0.05) is 36.9 Å². The van der Waals surface area contributed by atoms with E-state index >= 15 is 0 Å². The van der Waals surface area contributed by atoms with Gasteiger partial charge in [0.1, 0.15) is 4.83 Å². The van der Waals surface area contributed by atoms with E-state index in [1.165, 1.54) is 22.2 Å². The highest BCUT2D eigenvalue weighted by molar-refractivity contribution is 7.99. The summed E-state index contributed by atoms with van der Waals surface area (Å²) in [5, 5.41) is 9.02. The molecule has 9 heteroatoms. The lowest BCUT2D eigenvalue weighted by Crippen LogP contribution is -2.24. The molecule has 7 nitrogen and oxygen atoms in total. The number of anilines is 1. The van der Waals surface area contributed by atoms with Crippen LogP contribution in [0.1, 0.15) is 41.6 Å². The number of nitrogens with zero attached hydrogens (tertiary/aromatic N) is 4. The molecule has 3 aromatic heterocycles. The van der Waals surface area contributed by atoms with Gasteiger partial charge < -0.3 is 5.32 Å². The third-order valence-electron chi connectivity index (χ3n) is 6.13. The van der Waals surface area contributed by atoms with E-state index in [9.17, 15) is 9.59 Å². The number of hydrogen-bond donors (Lipinski definition) is 1. The number of aromatic nitrogens is 4. The molecule has 34 heavy (non-hydrogen) atoms. The minimum absolute atomic E-state index is 0.0324. The van der Waals surface area contributed by atoms with E-state index in [1.807, 2.05) is 55.8 Å². The summed E-state index contributed by atoms with van der Waals surface area (Å²) >= 11 is 2.95. The number of carbonyl (C=O) groups excluding carboxylic acids is 1. The number of hydrogen-bond acceptors (Lipinski definition) is 6. The average molecular weight is 494 g/mol. The monoisotopic (exact) mass is 493 g/mol. The van der Waals surface area contributed by atoms with Crippen LogP contribution < -0.4 is 10.9 Å². The number of nitrogens with one attached hydrogen (secondary N) is 1. The molecule has 0 saturated heterocycles. The van der Waals surface area contributed by atoms with Crippen LogP contribution in [0.3, 0.4) is 0 Å². The zero-order chi connectivity index (χ0) is 23.8. The lowest BCUT2D eigenvalue weighted by Gasteiger charge is -2.12. The SMILES string of the molecule is CCCn1c(SCC(=O)Nc2c(C)nn(-c3ccccc3)c2C)nc2sc3c(c2c1=O)CCC3. The number of rotatable bonds is 7. The Morgan fingerprint density at radius 1 is 1.21 bits per heavy atom. The molecular formula is C25H27N5O2S2. The van der Waals surface area contributed by atoms with Crippen LogP contribution in [0.4, 0.5) is 5.69 Å². The number of thioether (sulfide) groups is 1. The molecule has 1 aromatic carbocycles. The van der Waals surface area contributed by atoms with Gasteiger partial charge in [-0.05, 0) is 57.2 Å². The lowest BCUT2D eigenvalue weighted by atomic mass is 10.2. The summed E-state index contributed by atoms with van der Waals surface area (Å²) in [4.78, 5) is 33.1. The van der Waals surface area contributed by atoms with E-state index in [1.54, 1.807) is 15.9 Å². The molecule has 1 aliphatic carbocycles. The Hall–Kier alpha value is -2.91. The highest BCUT2D eigenvalue weighted by atomic mass is 32.2. The van der Waals surface area contributed by atoms with Gasteiger partial charge in [-0.25, -0.2) is 9.67 Å². The summed E-state index contributed by atoms with van der Waals surface area (Å²) < 4.78 is 3.58. The van der Waals surface area contributed by atoms with Gasteiger partial charge in [0.2, 0.25) is 5.91 Å². The van der Waals surface area contributed by atoms with Crippen molar-refractivity contribution < 1.29 is 4.79 Å². The van der Waals surface area contributed by atoms with Crippen LogP contribution in [-0.2, 0) is 24.2 Å². The summed E-state index contributed by atoms with van der Waals surface area (Å²) in [6, 6.07) is 9.85. The van der Waals surface area contributed by atoms with Crippen LogP contribution >= 0.6 is 23.1 Å². The van der Waals surface area contributed by atoms with Gasteiger partial charge in [0.05, 0.1) is 33.9 Å². The van der Waals surface area contributed by atoms with Gasteiger partial charge >= 0.3 is 0 Å². The van der Waals surface area contributed by atoms with Crippen LogP contribution in [-0.4, -0.2) is 31.0 Å². The Morgan fingerprint density at radius 3 is 2.76 bits per heavy atom. The summed E-state index contributed by atoms with van der Waals surface area (Å²) in [7, 11) is 0. The summed E-state index contributed by atoms with van der Waals surface area (Å²) in [6.45, 7) is 6.48. The maximum Gasteiger partial charge on any atom is 0.263 e. The third kappa shape index (κ3) is 4.07. The lowest BCUT2D eigenvalue weighted by molar-refractivity contribution is -0.113. The van der Waals surface area contributed by atoms with Gasteiger partial charge in [-0.3, -0.25) is 14.2 Å².